The Kier molecular flexibility index (Phi) is 3.49. The number of alkyl halides is 1. The molecular formula is C7H8ClNO2S. The van der Waals surface area contributed by atoms with E-state index in [0.717, 1.165) is 4.88 Å². The molecule has 0 unspecified atom stereocenters. The molecule has 5 heteroatoms. The number of aromatic nitrogens is 1. The Bertz CT molecular complexity index is 274. The van der Waals surface area contributed by atoms with E-state index in [1.165, 1.54) is 18.4 Å². The Labute approximate surface area is 79.3 Å². The molecule has 0 amide bonds. The Morgan fingerprint density at radius 1 is 1.83 bits per heavy atom. The van der Waals surface area contributed by atoms with Crippen LogP contribution in [0.5, 0.6) is 0 Å². The third-order valence-electron chi connectivity index (χ3n) is 1.34. The zero-order valence-corrected chi connectivity index (χ0v) is 8.11. The first kappa shape index (κ1) is 9.48. The zero-order valence-electron chi connectivity index (χ0n) is 6.54. The Balaban J connectivity index is 2.83. The van der Waals surface area contributed by atoms with Gasteiger partial charge < -0.3 is 4.74 Å². The summed E-state index contributed by atoms with van der Waals surface area (Å²) >= 11 is 6.96. The van der Waals surface area contributed by atoms with Gasteiger partial charge in [0.1, 0.15) is 0 Å². The molecule has 0 atom stereocenters. The molecule has 0 spiro atoms. The number of halogens is 1. The smallest absolute Gasteiger partial charge is 0.357 e. The van der Waals surface area contributed by atoms with Crippen molar-refractivity contribution in [3.05, 3.63) is 16.1 Å². The summed E-state index contributed by atoms with van der Waals surface area (Å²) in [7, 11) is 1.34. The van der Waals surface area contributed by atoms with E-state index in [9.17, 15) is 4.79 Å². The summed E-state index contributed by atoms with van der Waals surface area (Å²) in [5.74, 6) is 0.1000. The Morgan fingerprint density at radius 3 is 3.17 bits per heavy atom. The number of nitrogens with zero attached hydrogens (tertiary/aromatic N) is 1. The minimum Gasteiger partial charge on any atom is -0.464 e. The molecule has 0 aliphatic rings. The first-order valence-electron chi connectivity index (χ1n) is 3.36. The van der Waals surface area contributed by atoms with Crippen molar-refractivity contribution in [1.82, 2.24) is 4.98 Å². The number of methoxy groups -OCH3 is 1. The van der Waals surface area contributed by atoms with Gasteiger partial charge in [0.05, 0.1) is 12.6 Å². The lowest BCUT2D eigenvalue weighted by Gasteiger charge is -1.96. The van der Waals surface area contributed by atoms with E-state index in [1.807, 2.05) is 0 Å². The number of esters is 1. The fourth-order valence-corrected chi connectivity index (χ4v) is 1.85. The standard InChI is InChI=1S/C7H8ClNO2S/c1-11-7(10)6-5(2-3-8)12-4-9-6/h4H,2-3H2,1H3. The van der Waals surface area contributed by atoms with Gasteiger partial charge in [-0.25, -0.2) is 9.78 Å². The van der Waals surface area contributed by atoms with Gasteiger partial charge in [-0.3, -0.25) is 0 Å². The van der Waals surface area contributed by atoms with Gasteiger partial charge in [-0.2, -0.15) is 0 Å². The van der Waals surface area contributed by atoms with E-state index in [4.69, 9.17) is 11.6 Å². The molecule has 66 valence electrons. The van der Waals surface area contributed by atoms with Crippen molar-refractivity contribution in [2.24, 2.45) is 0 Å². The number of hydrogen-bond donors (Lipinski definition) is 0. The molecule has 0 saturated carbocycles. The monoisotopic (exact) mass is 205 g/mol. The van der Waals surface area contributed by atoms with Crippen LogP contribution >= 0.6 is 22.9 Å². The summed E-state index contributed by atoms with van der Waals surface area (Å²) in [6, 6.07) is 0. The number of hydrogen-bond acceptors (Lipinski definition) is 4. The summed E-state index contributed by atoms with van der Waals surface area (Å²) in [6.45, 7) is 0. The van der Waals surface area contributed by atoms with Gasteiger partial charge in [0.15, 0.2) is 5.69 Å². The van der Waals surface area contributed by atoms with Crippen LogP contribution < -0.4 is 0 Å². The highest BCUT2D eigenvalue weighted by Crippen LogP contribution is 2.15. The molecule has 0 N–H and O–H groups in total. The van der Waals surface area contributed by atoms with Crippen molar-refractivity contribution in [2.45, 2.75) is 6.42 Å². The van der Waals surface area contributed by atoms with Gasteiger partial charge in [0.25, 0.3) is 0 Å². The van der Waals surface area contributed by atoms with Crippen LogP contribution in [0, 0.1) is 0 Å². The summed E-state index contributed by atoms with van der Waals surface area (Å²) in [6.07, 6.45) is 0.663. The fraction of sp³-hybridized carbons (Fsp3) is 0.429. The van der Waals surface area contributed by atoms with Crippen LogP contribution in [0.1, 0.15) is 15.4 Å². The maximum atomic E-state index is 11.0. The zero-order chi connectivity index (χ0) is 8.97. The van der Waals surface area contributed by atoms with Gasteiger partial charge in [0.2, 0.25) is 0 Å². The average molecular weight is 206 g/mol. The first-order chi connectivity index (χ1) is 5.79. The maximum Gasteiger partial charge on any atom is 0.357 e. The van der Waals surface area contributed by atoms with Crippen LogP contribution in [-0.2, 0) is 11.2 Å². The molecule has 0 aliphatic carbocycles. The SMILES string of the molecule is COC(=O)c1ncsc1CCCl. The number of carbonyl (C=O) groups is 1. The van der Waals surface area contributed by atoms with Crippen molar-refractivity contribution in [2.75, 3.05) is 13.0 Å². The van der Waals surface area contributed by atoms with E-state index in [1.54, 1.807) is 5.51 Å². The van der Waals surface area contributed by atoms with Crippen LogP contribution in [0.3, 0.4) is 0 Å². The van der Waals surface area contributed by atoms with E-state index in [-0.39, 0.29) is 0 Å². The van der Waals surface area contributed by atoms with E-state index in [2.05, 4.69) is 9.72 Å². The van der Waals surface area contributed by atoms with Crippen molar-refractivity contribution >= 4 is 28.9 Å². The third kappa shape index (κ3) is 1.95. The van der Waals surface area contributed by atoms with Crippen molar-refractivity contribution in [1.29, 1.82) is 0 Å². The Morgan fingerprint density at radius 2 is 2.58 bits per heavy atom. The van der Waals surface area contributed by atoms with Crippen molar-refractivity contribution in [3.63, 3.8) is 0 Å². The molecule has 3 nitrogen and oxygen atoms in total. The molecule has 1 aromatic rings. The molecular weight excluding hydrogens is 198 g/mol. The molecule has 1 heterocycles. The van der Waals surface area contributed by atoms with Crippen molar-refractivity contribution in [3.8, 4) is 0 Å². The van der Waals surface area contributed by atoms with Crippen LogP contribution in [-0.4, -0.2) is 23.9 Å². The second-order valence-electron chi connectivity index (χ2n) is 2.05. The molecule has 0 bridgehead atoms. The van der Waals surface area contributed by atoms with E-state index >= 15 is 0 Å². The average Bonchev–Trinajstić information content (AvgIpc) is 2.52. The van der Waals surface area contributed by atoms with Crippen LogP contribution in [0.2, 0.25) is 0 Å². The quantitative estimate of drug-likeness (QED) is 0.557. The summed E-state index contributed by atoms with van der Waals surface area (Å²) in [5.41, 5.74) is 2.01. The highest BCUT2D eigenvalue weighted by atomic mass is 35.5. The van der Waals surface area contributed by atoms with E-state index in [0.29, 0.717) is 18.0 Å². The second kappa shape index (κ2) is 4.42. The predicted molar refractivity (Wildman–Crippen MR) is 47.9 cm³/mol. The van der Waals surface area contributed by atoms with Gasteiger partial charge in [0, 0.05) is 10.8 Å². The highest BCUT2D eigenvalue weighted by molar-refractivity contribution is 7.09. The lowest BCUT2D eigenvalue weighted by atomic mass is 10.3. The number of rotatable bonds is 3. The molecule has 0 fully saturated rings. The number of aryl methyl sites for hydroxylation is 1. The number of thiazole rings is 1. The molecule has 1 rings (SSSR count). The molecule has 0 aromatic carbocycles. The van der Waals surface area contributed by atoms with Crippen molar-refractivity contribution < 1.29 is 9.53 Å². The van der Waals surface area contributed by atoms with Gasteiger partial charge >= 0.3 is 5.97 Å². The van der Waals surface area contributed by atoms with Crippen LogP contribution in [0.15, 0.2) is 5.51 Å². The fourth-order valence-electron chi connectivity index (χ4n) is 0.797. The second-order valence-corrected chi connectivity index (χ2v) is 3.37. The number of carbonyl (C=O) groups excluding carboxylic acids is 1. The molecule has 0 radical (unpaired) electrons. The maximum absolute atomic E-state index is 11.0. The lowest BCUT2D eigenvalue weighted by Crippen LogP contribution is -2.04. The first-order valence-corrected chi connectivity index (χ1v) is 4.77. The molecule has 1 aromatic heterocycles. The van der Waals surface area contributed by atoms with Gasteiger partial charge in [-0.1, -0.05) is 0 Å². The Hall–Kier alpha value is -0.610. The lowest BCUT2D eigenvalue weighted by molar-refractivity contribution is 0.0594. The van der Waals surface area contributed by atoms with Gasteiger partial charge in [-0.15, -0.1) is 22.9 Å². The van der Waals surface area contributed by atoms with E-state index < -0.39 is 5.97 Å². The predicted octanol–water partition coefficient (Wildman–Crippen LogP) is 1.71. The number of ether oxygens (including phenoxy) is 1. The summed E-state index contributed by atoms with van der Waals surface area (Å²) < 4.78 is 4.54. The summed E-state index contributed by atoms with van der Waals surface area (Å²) in [5, 5.41) is 0. The van der Waals surface area contributed by atoms with Gasteiger partial charge in [-0.05, 0) is 6.42 Å². The summed E-state index contributed by atoms with van der Waals surface area (Å²) in [4.78, 5) is 15.8. The third-order valence-corrected chi connectivity index (χ3v) is 2.42. The largest absolute Gasteiger partial charge is 0.464 e. The molecule has 0 saturated heterocycles. The highest BCUT2D eigenvalue weighted by Gasteiger charge is 2.13. The van der Waals surface area contributed by atoms with Crippen LogP contribution in [0.25, 0.3) is 0 Å². The molecule has 12 heavy (non-hydrogen) atoms. The molecule has 0 aliphatic heterocycles. The minimum absolute atomic E-state index is 0.392. The van der Waals surface area contributed by atoms with Crippen LogP contribution in [0.4, 0.5) is 0 Å². The normalized spacial score (nSPS) is 9.83. The topological polar surface area (TPSA) is 39.2 Å². The minimum atomic E-state index is -0.392.